The summed E-state index contributed by atoms with van der Waals surface area (Å²) in [5.74, 6) is 0.915. The number of piperazine rings is 1. The molecular weight excluding hydrogens is 358 g/mol. The Morgan fingerprint density at radius 1 is 0.880 bits per heavy atom. The van der Waals surface area contributed by atoms with Crippen LogP contribution >= 0.6 is 11.3 Å². The van der Waals surface area contributed by atoms with Crippen LogP contribution in [0.2, 0.25) is 0 Å². The van der Waals surface area contributed by atoms with Gasteiger partial charge in [-0.05, 0) is 24.3 Å². The van der Waals surface area contributed by atoms with Crippen molar-refractivity contribution < 1.29 is 8.42 Å². The summed E-state index contributed by atoms with van der Waals surface area (Å²) < 4.78 is 29.2. The van der Waals surface area contributed by atoms with E-state index in [0.717, 1.165) is 41.7 Å². The highest BCUT2D eigenvalue weighted by Crippen LogP contribution is 2.28. The van der Waals surface area contributed by atoms with Crippen LogP contribution in [0.5, 0.6) is 0 Å². The van der Waals surface area contributed by atoms with Gasteiger partial charge in [0.2, 0.25) is 0 Å². The molecule has 0 N–H and O–H groups in total. The minimum Gasteiger partial charge on any atom is -0.353 e. The second-order valence-electron chi connectivity index (χ2n) is 6.54. The minimum atomic E-state index is -3.34. The van der Waals surface area contributed by atoms with Crippen molar-refractivity contribution >= 4 is 37.6 Å². The zero-order valence-corrected chi connectivity index (χ0v) is 15.8. The number of anilines is 1. The highest BCUT2D eigenvalue weighted by Gasteiger charge is 2.33. The molecule has 0 spiro atoms. The summed E-state index contributed by atoms with van der Waals surface area (Å²) in [5, 5.41) is 3.07. The van der Waals surface area contributed by atoms with Crippen molar-refractivity contribution in [2.24, 2.45) is 0 Å². The molecule has 0 saturated carbocycles. The van der Waals surface area contributed by atoms with Crippen molar-refractivity contribution in [3.63, 3.8) is 0 Å². The van der Waals surface area contributed by atoms with Crippen LogP contribution in [0.4, 0.5) is 5.82 Å². The maximum Gasteiger partial charge on any atom is 0.282 e. The summed E-state index contributed by atoms with van der Waals surface area (Å²) in [6.07, 6.45) is 5.79. The molecule has 0 atom stereocenters. The van der Waals surface area contributed by atoms with Gasteiger partial charge in [0.15, 0.2) is 0 Å². The first-order valence-electron chi connectivity index (χ1n) is 8.84. The molecule has 0 aromatic carbocycles. The summed E-state index contributed by atoms with van der Waals surface area (Å²) in [7, 11) is -3.34. The molecule has 4 heterocycles. The normalized spacial score (nSPS) is 21.5. The summed E-state index contributed by atoms with van der Waals surface area (Å²) in [6, 6.07) is 2.04. The quantitative estimate of drug-likeness (QED) is 0.813. The molecule has 2 aromatic heterocycles. The predicted octanol–water partition coefficient (Wildman–Crippen LogP) is 1.93. The van der Waals surface area contributed by atoms with Crippen LogP contribution in [-0.4, -0.2) is 66.3 Å². The number of fused-ring (bicyclic) bond motifs is 1. The van der Waals surface area contributed by atoms with Crippen molar-refractivity contribution in [3.8, 4) is 0 Å². The van der Waals surface area contributed by atoms with Gasteiger partial charge in [0.05, 0.1) is 5.39 Å². The molecular formula is C16H23N5O2S2. The van der Waals surface area contributed by atoms with E-state index in [2.05, 4.69) is 14.9 Å². The molecule has 0 bridgehead atoms. The lowest BCUT2D eigenvalue weighted by molar-refractivity contribution is 0.327. The molecule has 2 saturated heterocycles. The van der Waals surface area contributed by atoms with Gasteiger partial charge in [-0.3, -0.25) is 0 Å². The molecule has 0 unspecified atom stereocenters. The lowest BCUT2D eigenvalue weighted by atomic mass is 10.2. The first kappa shape index (κ1) is 17.1. The average Bonchev–Trinajstić information content (AvgIpc) is 2.94. The lowest BCUT2D eigenvalue weighted by Crippen LogP contribution is -2.53. The maximum atomic E-state index is 12.9. The third-order valence-electron chi connectivity index (χ3n) is 5.00. The SMILES string of the molecule is O=S(=O)(N1CCCCCC1)N1CCN(c2ncnc3sccc23)CC1. The Hall–Kier alpha value is -1.29. The number of rotatable bonds is 3. The number of aromatic nitrogens is 2. The molecule has 2 fully saturated rings. The Kier molecular flexibility index (Phi) is 4.90. The Bertz CT molecular complexity index is 822. The fraction of sp³-hybridized carbons (Fsp3) is 0.625. The second kappa shape index (κ2) is 7.14. The van der Waals surface area contributed by atoms with Gasteiger partial charge in [-0.2, -0.15) is 17.0 Å². The smallest absolute Gasteiger partial charge is 0.282 e. The van der Waals surface area contributed by atoms with Crippen molar-refractivity contribution in [1.82, 2.24) is 18.6 Å². The molecule has 25 heavy (non-hydrogen) atoms. The molecule has 7 nitrogen and oxygen atoms in total. The van der Waals surface area contributed by atoms with Gasteiger partial charge in [0.1, 0.15) is 17.0 Å². The van der Waals surface area contributed by atoms with E-state index < -0.39 is 10.2 Å². The molecule has 136 valence electrons. The number of hydrogen-bond acceptors (Lipinski definition) is 6. The molecule has 9 heteroatoms. The van der Waals surface area contributed by atoms with Gasteiger partial charge in [0.25, 0.3) is 10.2 Å². The van der Waals surface area contributed by atoms with Crippen LogP contribution in [-0.2, 0) is 10.2 Å². The van der Waals surface area contributed by atoms with E-state index in [4.69, 9.17) is 0 Å². The molecule has 0 radical (unpaired) electrons. The van der Waals surface area contributed by atoms with Crippen LogP contribution < -0.4 is 4.90 Å². The van der Waals surface area contributed by atoms with Gasteiger partial charge >= 0.3 is 0 Å². The molecule has 2 aliphatic heterocycles. The topological polar surface area (TPSA) is 69.6 Å². The van der Waals surface area contributed by atoms with E-state index in [-0.39, 0.29) is 0 Å². The monoisotopic (exact) mass is 381 g/mol. The van der Waals surface area contributed by atoms with Crippen LogP contribution in [0.25, 0.3) is 10.2 Å². The van der Waals surface area contributed by atoms with Crippen molar-refractivity contribution in [2.75, 3.05) is 44.2 Å². The summed E-state index contributed by atoms with van der Waals surface area (Å²) in [4.78, 5) is 11.9. The van der Waals surface area contributed by atoms with Crippen LogP contribution in [0.1, 0.15) is 25.7 Å². The van der Waals surface area contributed by atoms with Crippen LogP contribution in [0.15, 0.2) is 17.8 Å². The average molecular weight is 382 g/mol. The number of nitrogens with zero attached hydrogens (tertiary/aromatic N) is 5. The Morgan fingerprint density at radius 3 is 2.28 bits per heavy atom. The second-order valence-corrected chi connectivity index (χ2v) is 9.37. The zero-order chi connectivity index (χ0) is 17.3. The van der Waals surface area contributed by atoms with Gasteiger partial charge < -0.3 is 4.90 Å². The standard InChI is InChI=1S/C16H23N5O2S2/c22-25(23,20-6-3-1-2-4-7-20)21-10-8-19(9-11-21)15-14-5-12-24-16(14)18-13-17-15/h5,12-13H,1-4,6-11H2. The highest BCUT2D eigenvalue weighted by atomic mass is 32.2. The van der Waals surface area contributed by atoms with Crippen LogP contribution in [0, 0.1) is 0 Å². The summed E-state index contributed by atoms with van der Waals surface area (Å²) >= 11 is 1.60. The molecule has 0 amide bonds. The molecule has 4 rings (SSSR count). The summed E-state index contributed by atoms with van der Waals surface area (Å²) in [5.41, 5.74) is 0. The largest absolute Gasteiger partial charge is 0.353 e. The van der Waals surface area contributed by atoms with Crippen molar-refractivity contribution in [2.45, 2.75) is 25.7 Å². The van der Waals surface area contributed by atoms with E-state index in [1.807, 2.05) is 11.4 Å². The molecule has 2 aromatic rings. The Labute approximate surface area is 152 Å². The lowest BCUT2D eigenvalue weighted by Gasteiger charge is -2.37. The Balaban J connectivity index is 1.46. The summed E-state index contributed by atoms with van der Waals surface area (Å²) in [6.45, 7) is 3.65. The fourth-order valence-electron chi connectivity index (χ4n) is 3.60. The van der Waals surface area contributed by atoms with Gasteiger partial charge in [-0.1, -0.05) is 12.8 Å². The zero-order valence-electron chi connectivity index (χ0n) is 14.2. The first-order valence-corrected chi connectivity index (χ1v) is 11.1. The van der Waals surface area contributed by atoms with E-state index >= 15 is 0 Å². The number of thiophene rings is 1. The van der Waals surface area contributed by atoms with E-state index in [1.54, 1.807) is 26.3 Å². The Morgan fingerprint density at radius 2 is 1.56 bits per heavy atom. The van der Waals surface area contributed by atoms with Crippen molar-refractivity contribution in [1.29, 1.82) is 0 Å². The molecule has 2 aliphatic rings. The third kappa shape index (κ3) is 3.38. The minimum absolute atomic E-state index is 0.508. The maximum absolute atomic E-state index is 12.9. The molecule has 0 aliphatic carbocycles. The van der Waals surface area contributed by atoms with E-state index in [1.165, 1.54) is 0 Å². The highest BCUT2D eigenvalue weighted by molar-refractivity contribution is 7.86. The van der Waals surface area contributed by atoms with Gasteiger partial charge in [-0.15, -0.1) is 11.3 Å². The van der Waals surface area contributed by atoms with E-state index in [0.29, 0.717) is 39.3 Å². The van der Waals surface area contributed by atoms with Crippen LogP contribution in [0.3, 0.4) is 0 Å². The van der Waals surface area contributed by atoms with Gasteiger partial charge in [-0.25, -0.2) is 9.97 Å². The third-order valence-corrected chi connectivity index (χ3v) is 7.85. The first-order chi connectivity index (χ1) is 12.2. The van der Waals surface area contributed by atoms with Gasteiger partial charge in [0, 0.05) is 39.3 Å². The van der Waals surface area contributed by atoms with E-state index in [9.17, 15) is 8.42 Å². The number of hydrogen-bond donors (Lipinski definition) is 0. The van der Waals surface area contributed by atoms with Crippen molar-refractivity contribution in [3.05, 3.63) is 17.8 Å². The predicted molar refractivity (Wildman–Crippen MR) is 100 cm³/mol. The fourth-order valence-corrected chi connectivity index (χ4v) is 5.99.